The van der Waals surface area contributed by atoms with Gasteiger partial charge in [0, 0.05) is 41.4 Å². The summed E-state index contributed by atoms with van der Waals surface area (Å²) in [6.45, 7) is 3.31. The fourth-order valence-electron chi connectivity index (χ4n) is 4.64. The third-order valence-corrected chi connectivity index (χ3v) is 6.19. The maximum atomic E-state index is 11.7. The highest BCUT2D eigenvalue weighted by Crippen LogP contribution is 2.46. The van der Waals surface area contributed by atoms with Gasteiger partial charge in [0.25, 0.3) is 0 Å². The highest BCUT2D eigenvalue weighted by atomic mass is 35.5. The van der Waals surface area contributed by atoms with Crippen molar-refractivity contribution in [3.8, 4) is 0 Å². The Hall–Kier alpha value is -1.79. The van der Waals surface area contributed by atoms with E-state index in [1.54, 1.807) is 21.9 Å². The maximum Gasteiger partial charge on any atom is 0.408 e. The van der Waals surface area contributed by atoms with Gasteiger partial charge in [-0.1, -0.05) is 18.5 Å². The second kappa shape index (κ2) is 7.84. The molecule has 0 spiro atoms. The lowest BCUT2D eigenvalue weighted by molar-refractivity contribution is -0.107. The van der Waals surface area contributed by atoms with Crippen LogP contribution in [-0.2, 0) is 4.79 Å². The first-order valence-electron chi connectivity index (χ1n) is 9.22. The van der Waals surface area contributed by atoms with Gasteiger partial charge in [-0.15, -0.1) is 0 Å². The smallest absolute Gasteiger partial charge is 0.408 e. The molecule has 2 amide bonds. The van der Waals surface area contributed by atoms with Crippen molar-refractivity contribution >= 4 is 29.8 Å². The van der Waals surface area contributed by atoms with Gasteiger partial charge in [-0.05, 0) is 56.4 Å². The lowest BCUT2D eigenvalue weighted by Crippen LogP contribution is -2.58. The van der Waals surface area contributed by atoms with Crippen molar-refractivity contribution in [1.29, 1.82) is 0 Å². The molecule has 3 unspecified atom stereocenters. The average Bonchev–Trinajstić information content (AvgIpc) is 2.88. The molecular weight excluding hydrogens is 354 g/mol. The van der Waals surface area contributed by atoms with E-state index >= 15 is 0 Å². The molecule has 0 aromatic heterocycles. The summed E-state index contributed by atoms with van der Waals surface area (Å²) in [6, 6.07) is 7.59. The molecule has 2 aliphatic heterocycles. The molecule has 3 atom stereocenters. The van der Waals surface area contributed by atoms with E-state index in [4.69, 9.17) is 11.6 Å². The lowest BCUT2D eigenvalue weighted by atomic mass is 9.83. The van der Waals surface area contributed by atoms with Gasteiger partial charge in [-0.2, -0.15) is 0 Å². The number of halogens is 1. The first kappa shape index (κ1) is 19.0. The molecule has 142 valence electrons. The summed E-state index contributed by atoms with van der Waals surface area (Å²) in [5.41, 5.74) is 0.587. The van der Waals surface area contributed by atoms with Crippen molar-refractivity contribution in [3.63, 3.8) is 0 Å². The average molecular weight is 380 g/mol. The lowest BCUT2D eigenvalue weighted by Gasteiger charge is -2.46. The number of hydrogen-bond acceptors (Lipinski definition) is 3. The number of hydrogen-bond donors (Lipinski definition) is 2. The van der Waals surface area contributed by atoms with Crippen LogP contribution in [-0.4, -0.2) is 53.2 Å². The minimum atomic E-state index is -0.789. The number of fused-ring (bicyclic) bond motifs is 2. The summed E-state index contributed by atoms with van der Waals surface area (Å²) in [7, 11) is 0. The van der Waals surface area contributed by atoms with Crippen molar-refractivity contribution in [3.05, 3.63) is 29.3 Å². The molecule has 0 saturated carbocycles. The standard InChI is InChI=1S/C19H26ClN3O3/c1-2-19-8-7-17(23(19)18(25)26)11-15(12-19)21-9-10-22(13-24)16-5-3-14(20)4-6-16/h3-6,13,15,17,21H,2,7-12H2,1H3,(H,25,26). The van der Waals surface area contributed by atoms with Gasteiger partial charge in [-0.3, -0.25) is 9.69 Å². The summed E-state index contributed by atoms with van der Waals surface area (Å²) >= 11 is 5.89. The van der Waals surface area contributed by atoms with Crippen LogP contribution in [0.4, 0.5) is 10.5 Å². The second-order valence-electron chi connectivity index (χ2n) is 7.29. The zero-order chi connectivity index (χ0) is 18.7. The van der Waals surface area contributed by atoms with Crippen LogP contribution in [0.1, 0.15) is 39.0 Å². The van der Waals surface area contributed by atoms with Crippen molar-refractivity contribution in [2.45, 2.75) is 56.7 Å². The predicted molar refractivity (Wildman–Crippen MR) is 102 cm³/mol. The van der Waals surface area contributed by atoms with Crippen LogP contribution in [0.5, 0.6) is 0 Å². The summed E-state index contributed by atoms with van der Waals surface area (Å²) < 4.78 is 0. The highest BCUT2D eigenvalue weighted by molar-refractivity contribution is 6.30. The van der Waals surface area contributed by atoms with Gasteiger partial charge in [0.05, 0.1) is 0 Å². The molecule has 2 heterocycles. The highest BCUT2D eigenvalue weighted by Gasteiger charge is 2.52. The van der Waals surface area contributed by atoms with Crippen molar-refractivity contribution in [2.75, 3.05) is 18.0 Å². The molecule has 1 aromatic carbocycles. The maximum absolute atomic E-state index is 11.7. The molecule has 2 fully saturated rings. The first-order chi connectivity index (χ1) is 12.5. The largest absolute Gasteiger partial charge is 0.465 e. The number of amides is 2. The van der Waals surface area contributed by atoms with Crippen molar-refractivity contribution < 1.29 is 14.7 Å². The summed E-state index contributed by atoms with van der Waals surface area (Å²) in [5.74, 6) is 0. The van der Waals surface area contributed by atoms with Gasteiger partial charge < -0.3 is 15.3 Å². The molecule has 0 aliphatic carbocycles. The van der Waals surface area contributed by atoms with Crippen LogP contribution in [0, 0.1) is 0 Å². The van der Waals surface area contributed by atoms with Gasteiger partial charge in [0.1, 0.15) is 0 Å². The van der Waals surface area contributed by atoms with Gasteiger partial charge in [0.2, 0.25) is 6.41 Å². The number of nitrogens with one attached hydrogen (secondary N) is 1. The third kappa shape index (κ3) is 3.67. The topological polar surface area (TPSA) is 72.9 Å². The van der Waals surface area contributed by atoms with E-state index in [0.29, 0.717) is 18.1 Å². The van der Waals surface area contributed by atoms with E-state index < -0.39 is 6.09 Å². The van der Waals surface area contributed by atoms with Crippen LogP contribution in [0.25, 0.3) is 0 Å². The molecule has 3 rings (SSSR count). The number of carbonyl (C=O) groups is 2. The van der Waals surface area contributed by atoms with Crippen LogP contribution in [0.15, 0.2) is 24.3 Å². The molecule has 1 aromatic rings. The fourth-order valence-corrected chi connectivity index (χ4v) is 4.76. The Morgan fingerprint density at radius 2 is 2.19 bits per heavy atom. The number of carboxylic acid groups (broad SMARTS) is 1. The SMILES string of the molecule is CCC12CCC(CC(NCCN(C=O)c3ccc(Cl)cc3)C1)N2C(=O)O. The number of anilines is 1. The first-order valence-corrected chi connectivity index (χ1v) is 9.60. The number of rotatable bonds is 7. The van der Waals surface area contributed by atoms with Gasteiger partial charge in [0.15, 0.2) is 0 Å². The number of benzene rings is 1. The number of carbonyl (C=O) groups excluding carboxylic acids is 1. The van der Waals surface area contributed by atoms with Crippen LogP contribution in [0.3, 0.4) is 0 Å². The van der Waals surface area contributed by atoms with Gasteiger partial charge >= 0.3 is 6.09 Å². The summed E-state index contributed by atoms with van der Waals surface area (Å²) in [5, 5.41) is 13.8. The van der Waals surface area contributed by atoms with E-state index in [0.717, 1.165) is 44.2 Å². The van der Waals surface area contributed by atoms with Gasteiger partial charge in [-0.25, -0.2) is 4.79 Å². The number of piperidine rings is 1. The van der Waals surface area contributed by atoms with E-state index in [1.165, 1.54) is 0 Å². The minimum Gasteiger partial charge on any atom is -0.465 e. The Bertz CT molecular complexity index is 654. The molecule has 26 heavy (non-hydrogen) atoms. The molecule has 2 aliphatic rings. The van der Waals surface area contributed by atoms with Crippen LogP contribution in [0.2, 0.25) is 5.02 Å². The van der Waals surface area contributed by atoms with E-state index in [2.05, 4.69) is 12.2 Å². The van der Waals surface area contributed by atoms with Crippen LogP contribution >= 0.6 is 11.6 Å². The molecule has 7 heteroatoms. The number of nitrogens with zero attached hydrogens (tertiary/aromatic N) is 2. The molecule has 2 saturated heterocycles. The Kier molecular flexibility index (Phi) is 5.73. The van der Waals surface area contributed by atoms with E-state index in [-0.39, 0.29) is 17.6 Å². The Balaban J connectivity index is 1.56. The zero-order valence-electron chi connectivity index (χ0n) is 15.0. The molecule has 2 N–H and O–H groups in total. The fraction of sp³-hybridized carbons (Fsp3) is 0.579. The zero-order valence-corrected chi connectivity index (χ0v) is 15.8. The van der Waals surface area contributed by atoms with E-state index in [9.17, 15) is 14.7 Å². The van der Waals surface area contributed by atoms with Crippen molar-refractivity contribution in [1.82, 2.24) is 10.2 Å². The summed E-state index contributed by atoms with van der Waals surface area (Å²) in [4.78, 5) is 26.4. The summed E-state index contributed by atoms with van der Waals surface area (Å²) in [6.07, 6.45) is 4.47. The van der Waals surface area contributed by atoms with Crippen LogP contribution < -0.4 is 10.2 Å². The third-order valence-electron chi connectivity index (χ3n) is 5.94. The van der Waals surface area contributed by atoms with Crippen molar-refractivity contribution in [2.24, 2.45) is 0 Å². The second-order valence-corrected chi connectivity index (χ2v) is 7.73. The predicted octanol–water partition coefficient (Wildman–Crippen LogP) is 3.35. The van der Waals surface area contributed by atoms with E-state index in [1.807, 2.05) is 12.1 Å². The Morgan fingerprint density at radius 3 is 2.81 bits per heavy atom. The molecule has 0 radical (unpaired) electrons. The molecule has 2 bridgehead atoms. The molecule has 6 nitrogen and oxygen atoms in total. The minimum absolute atomic E-state index is 0.108. The monoisotopic (exact) mass is 379 g/mol. The Labute approximate surface area is 159 Å². The Morgan fingerprint density at radius 1 is 1.46 bits per heavy atom. The normalized spacial score (nSPS) is 27.4. The molecular formula is C19H26ClN3O3. The quantitative estimate of drug-likeness (QED) is 0.712.